The summed E-state index contributed by atoms with van der Waals surface area (Å²) in [5.41, 5.74) is 1.27. The molecule has 0 spiro atoms. The average molecular weight is 231 g/mol. The topological polar surface area (TPSA) is 49.3 Å². The van der Waals surface area contributed by atoms with Gasteiger partial charge in [0.25, 0.3) is 5.91 Å². The van der Waals surface area contributed by atoms with Crippen LogP contribution >= 0.6 is 0 Å². The van der Waals surface area contributed by atoms with Gasteiger partial charge in [-0.25, -0.2) is 0 Å². The van der Waals surface area contributed by atoms with Crippen molar-refractivity contribution in [1.29, 1.82) is 0 Å². The lowest BCUT2D eigenvalue weighted by Crippen LogP contribution is -2.30. The van der Waals surface area contributed by atoms with Crippen molar-refractivity contribution >= 4 is 5.91 Å². The minimum absolute atomic E-state index is 0.0351. The van der Waals surface area contributed by atoms with Crippen LogP contribution in [0.5, 0.6) is 0 Å². The zero-order valence-electron chi connectivity index (χ0n) is 10.2. The van der Waals surface area contributed by atoms with E-state index in [4.69, 9.17) is 5.11 Å². The third kappa shape index (κ3) is 4.29. The second-order valence-corrected chi connectivity index (χ2v) is 3.95. The van der Waals surface area contributed by atoms with Gasteiger partial charge in [-0.2, -0.15) is 0 Å². The van der Waals surface area contributed by atoms with Gasteiger partial charge in [0.05, 0.1) is 12.2 Å². The van der Waals surface area contributed by atoms with Gasteiger partial charge in [0.2, 0.25) is 0 Å². The summed E-state index contributed by atoms with van der Waals surface area (Å²) in [6.45, 7) is 3.86. The van der Waals surface area contributed by atoms with Gasteiger partial charge < -0.3 is 10.4 Å². The maximum atomic E-state index is 11.9. The van der Waals surface area contributed by atoms with Crippen LogP contribution in [0.25, 0.3) is 0 Å². The molecule has 0 aromatic heterocycles. The third-order valence-electron chi connectivity index (χ3n) is 2.05. The Morgan fingerprint density at radius 3 is 2.76 bits per heavy atom. The molecular formula is C14H17NO2. The Morgan fingerprint density at radius 1 is 1.41 bits per heavy atom. The fourth-order valence-corrected chi connectivity index (χ4v) is 1.34. The lowest BCUT2D eigenvalue weighted by atomic mass is 10.1. The summed E-state index contributed by atoms with van der Waals surface area (Å²) in [6.07, 6.45) is 0.417. The van der Waals surface area contributed by atoms with Gasteiger partial charge in [0.15, 0.2) is 0 Å². The molecule has 1 aromatic rings. The predicted molar refractivity (Wildman–Crippen MR) is 67.6 cm³/mol. The first-order chi connectivity index (χ1) is 8.15. The number of hydrogen-bond donors (Lipinski definition) is 2. The predicted octanol–water partition coefficient (Wildman–Crippen LogP) is 1.56. The summed E-state index contributed by atoms with van der Waals surface area (Å²) >= 11 is 0. The van der Waals surface area contributed by atoms with E-state index in [1.54, 1.807) is 12.1 Å². The van der Waals surface area contributed by atoms with Gasteiger partial charge in [-0.1, -0.05) is 24.0 Å². The molecule has 3 heteroatoms. The molecule has 0 aliphatic carbocycles. The zero-order chi connectivity index (χ0) is 12.7. The lowest BCUT2D eigenvalue weighted by Gasteiger charge is -2.09. The van der Waals surface area contributed by atoms with Gasteiger partial charge in [0, 0.05) is 18.0 Å². The van der Waals surface area contributed by atoms with Crippen LogP contribution in [0.4, 0.5) is 0 Å². The average Bonchev–Trinajstić information content (AvgIpc) is 2.29. The highest BCUT2D eigenvalue weighted by atomic mass is 16.2. The van der Waals surface area contributed by atoms with Gasteiger partial charge in [-0.15, -0.1) is 0 Å². The Hall–Kier alpha value is -1.79. The molecule has 0 atom stereocenters. The number of rotatable bonds is 3. The van der Waals surface area contributed by atoms with Crippen LogP contribution in [-0.2, 0) is 0 Å². The Kier molecular flexibility index (Phi) is 5.25. The standard InChI is InChI=1S/C14H17NO2/c1-11(2)15-14(17)13-9-4-3-7-12(13)8-5-6-10-16/h3-4,7,9,11,16H,6,10H2,1-2H3,(H,15,17). The van der Waals surface area contributed by atoms with Crippen molar-refractivity contribution in [3.63, 3.8) is 0 Å². The highest BCUT2D eigenvalue weighted by Gasteiger charge is 2.09. The van der Waals surface area contributed by atoms with Gasteiger partial charge in [-0.05, 0) is 26.0 Å². The van der Waals surface area contributed by atoms with Crippen LogP contribution in [-0.4, -0.2) is 23.7 Å². The van der Waals surface area contributed by atoms with Crippen molar-refractivity contribution in [2.75, 3.05) is 6.61 Å². The molecule has 0 aliphatic heterocycles. The van der Waals surface area contributed by atoms with Crippen LogP contribution in [0.3, 0.4) is 0 Å². The molecule has 1 aromatic carbocycles. The molecule has 0 heterocycles. The van der Waals surface area contributed by atoms with Crippen LogP contribution in [0.2, 0.25) is 0 Å². The molecule has 0 saturated heterocycles. The quantitative estimate of drug-likeness (QED) is 0.776. The van der Waals surface area contributed by atoms with Crippen molar-refractivity contribution < 1.29 is 9.90 Å². The molecule has 17 heavy (non-hydrogen) atoms. The van der Waals surface area contributed by atoms with Gasteiger partial charge in [0.1, 0.15) is 0 Å². The minimum Gasteiger partial charge on any atom is -0.395 e. The smallest absolute Gasteiger partial charge is 0.252 e. The van der Waals surface area contributed by atoms with Crippen LogP contribution in [0.15, 0.2) is 24.3 Å². The molecule has 1 amide bonds. The monoisotopic (exact) mass is 231 g/mol. The molecule has 0 saturated carbocycles. The summed E-state index contributed by atoms with van der Waals surface area (Å²) in [4.78, 5) is 11.9. The number of nitrogens with one attached hydrogen (secondary N) is 1. The maximum absolute atomic E-state index is 11.9. The molecule has 2 N–H and O–H groups in total. The molecule has 3 nitrogen and oxygen atoms in total. The largest absolute Gasteiger partial charge is 0.395 e. The van der Waals surface area contributed by atoms with Crippen molar-refractivity contribution in [3.8, 4) is 11.8 Å². The first kappa shape index (κ1) is 13.3. The van der Waals surface area contributed by atoms with Crippen molar-refractivity contribution in [2.45, 2.75) is 26.3 Å². The lowest BCUT2D eigenvalue weighted by molar-refractivity contribution is 0.0943. The fourth-order valence-electron chi connectivity index (χ4n) is 1.34. The Bertz CT molecular complexity index is 441. The van der Waals surface area contributed by atoms with E-state index < -0.39 is 0 Å². The summed E-state index contributed by atoms with van der Waals surface area (Å²) in [6, 6.07) is 7.31. The molecule has 1 rings (SSSR count). The number of benzene rings is 1. The third-order valence-corrected chi connectivity index (χ3v) is 2.05. The second kappa shape index (κ2) is 6.72. The Labute approximate surface area is 102 Å². The van der Waals surface area contributed by atoms with Crippen molar-refractivity contribution in [1.82, 2.24) is 5.32 Å². The zero-order valence-corrected chi connectivity index (χ0v) is 10.2. The number of aliphatic hydroxyl groups is 1. The van der Waals surface area contributed by atoms with Crippen LogP contribution in [0, 0.1) is 11.8 Å². The van der Waals surface area contributed by atoms with Gasteiger partial charge in [-0.3, -0.25) is 4.79 Å². The second-order valence-electron chi connectivity index (χ2n) is 3.95. The van der Waals surface area contributed by atoms with E-state index >= 15 is 0 Å². The fraction of sp³-hybridized carbons (Fsp3) is 0.357. The molecule has 0 unspecified atom stereocenters. The molecule has 90 valence electrons. The van der Waals surface area contributed by atoms with Crippen LogP contribution < -0.4 is 5.32 Å². The van der Waals surface area contributed by atoms with Crippen molar-refractivity contribution in [3.05, 3.63) is 35.4 Å². The van der Waals surface area contributed by atoms with E-state index in [2.05, 4.69) is 17.2 Å². The number of hydrogen-bond acceptors (Lipinski definition) is 2. The van der Waals surface area contributed by atoms with Crippen LogP contribution in [0.1, 0.15) is 36.2 Å². The summed E-state index contributed by atoms with van der Waals surface area (Å²) in [5.74, 6) is 5.60. The highest BCUT2D eigenvalue weighted by molar-refractivity contribution is 5.96. The first-order valence-electron chi connectivity index (χ1n) is 5.64. The summed E-state index contributed by atoms with van der Waals surface area (Å²) in [5, 5.41) is 11.5. The maximum Gasteiger partial charge on any atom is 0.252 e. The van der Waals surface area contributed by atoms with E-state index in [9.17, 15) is 4.79 Å². The summed E-state index contributed by atoms with van der Waals surface area (Å²) < 4.78 is 0. The Balaban J connectivity index is 2.92. The molecule has 0 aliphatic rings. The SMILES string of the molecule is CC(C)NC(=O)c1ccccc1C#CCCO. The summed E-state index contributed by atoms with van der Waals surface area (Å²) in [7, 11) is 0. The van der Waals surface area contributed by atoms with E-state index in [0.717, 1.165) is 0 Å². The Morgan fingerprint density at radius 2 is 2.12 bits per heavy atom. The van der Waals surface area contributed by atoms with E-state index in [1.165, 1.54) is 0 Å². The molecular weight excluding hydrogens is 214 g/mol. The van der Waals surface area contributed by atoms with E-state index in [1.807, 2.05) is 26.0 Å². The highest BCUT2D eigenvalue weighted by Crippen LogP contribution is 2.07. The van der Waals surface area contributed by atoms with Crippen molar-refractivity contribution in [2.24, 2.45) is 0 Å². The normalized spacial score (nSPS) is 9.65. The minimum atomic E-state index is -0.117. The van der Waals surface area contributed by atoms with Gasteiger partial charge >= 0.3 is 0 Å². The molecule has 0 fully saturated rings. The molecule has 0 radical (unpaired) electrons. The number of carbonyl (C=O) groups excluding carboxylic acids is 1. The number of amides is 1. The first-order valence-corrected chi connectivity index (χ1v) is 5.64. The number of aliphatic hydroxyl groups excluding tert-OH is 1. The van der Waals surface area contributed by atoms with E-state index in [0.29, 0.717) is 17.5 Å². The molecule has 0 bridgehead atoms. The number of carbonyl (C=O) groups is 1. The van der Waals surface area contributed by atoms with E-state index in [-0.39, 0.29) is 18.6 Å².